The molecule has 142 valence electrons. The van der Waals surface area contributed by atoms with Gasteiger partial charge in [-0.3, -0.25) is 14.7 Å². The molecule has 2 heterocycles. The Morgan fingerprint density at radius 1 is 1.07 bits per heavy atom. The van der Waals surface area contributed by atoms with Crippen molar-refractivity contribution in [3.05, 3.63) is 88.7 Å². The summed E-state index contributed by atoms with van der Waals surface area (Å²) < 4.78 is 1.05. The number of benzene rings is 2. The Morgan fingerprint density at radius 3 is 2.45 bits per heavy atom. The number of hydrogen-bond donors (Lipinski definition) is 0. The first-order valence-corrected chi connectivity index (χ1v) is 9.95. The van der Waals surface area contributed by atoms with Crippen LogP contribution in [0, 0.1) is 25.2 Å². The number of aryl methyl sites for hydroxylation is 2. The number of fused-ring (bicyclic) bond motifs is 1. The lowest BCUT2D eigenvalue weighted by atomic mass is 10.1. The lowest BCUT2D eigenvalue weighted by Gasteiger charge is -2.20. The van der Waals surface area contributed by atoms with Gasteiger partial charge in [-0.2, -0.15) is 5.26 Å². The first kappa shape index (κ1) is 18.8. The van der Waals surface area contributed by atoms with E-state index < -0.39 is 0 Å². The average Bonchev–Trinajstić information content (AvgIpc) is 3.15. The zero-order valence-electron chi connectivity index (χ0n) is 16.1. The predicted molar refractivity (Wildman–Crippen MR) is 115 cm³/mol. The first-order chi connectivity index (χ1) is 14.0. The number of nitriles is 1. The minimum Gasteiger partial charge on any atom is -0.279 e. The van der Waals surface area contributed by atoms with Crippen LogP contribution in [0.1, 0.15) is 32.6 Å². The molecule has 0 radical (unpaired) electrons. The van der Waals surface area contributed by atoms with Crippen molar-refractivity contribution < 1.29 is 4.79 Å². The molecule has 0 bridgehead atoms. The number of rotatable bonds is 4. The Balaban J connectivity index is 1.77. The largest absolute Gasteiger partial charge is 0.279 e. The number of aromatic nitrogens is 2. The van der Waals surface area contributed by atoms with E-state index in [2.05, 4.69) is 37.0 Å². The van der Waals surface area contributed by atoms with Crippen molar-refractivity contribution in [3.8, 4) is 6.07 Å². The fourth-order valence-corrected chi connectivity index (χ4v) is 4.07. The second-order valence-corrected chi connectivity index (χ2v) is 7.85. The summed E-state index contributed by atoms with van der Waals surface area (Å²) >= 11 is 1.50. The van der Waals surface area contributed by atoms with Crippen molar-refractivity contribution in [2.75, 3.05) is 4.90 Å². The van der Waals surface area contributed by atoms with Gasteiger partial charge >= 0.3 is 0 Å². The van der Waals surface area contributed by atoms with Gasteiger partial charge in [0.05, 0.1) is 28.4 Å². The number of anilines is 1. The maximum atomic E-state index is 13.4. The molecule has 2 aromatic heterocycles. The van der Waals surface area contributed by atoms with Crippen molar-refractivity contribution in [1.29, 1.82) is 5.26 Å². The van der Waals surface area contributed by atoms with Crippen molar-refractivity contribution in [1.82, 2.24) is 9.97 Å². The van der Waals surface area contributed by atoms with E-state index in [1.54, 1.807) is 41.6 Å². The van der Waals surface area contributed by atoms with E-state index in [-0.39, 0.29) is 5.91 Å². The van der Waals surface area contributed by atoms with Gasteiger partial charge in [0.25, 0.3) is 5.91 Å². The predicted octanol–water partition coefficient (Wildman–Crippen LogP) is 5.03. The van der Waals surface area contributed by atoms with E-state index in [0.717, 1.165) is 15.8 Å². The highest BCUT2D eigenvalue weighted by Crippen LogP contribution is 2.32. The van der Waals surface area contributed by atoms with Crippen LogP contribution in [-0.4, -0.2) is 15.9 Å². The number of hydrogen-bond acceptors (Lipinski definition) is 5. The molecule has 2 aromatic carbocycles. The minimum absolute atomic E-state index is 0.154. The SMILES string of the molecule is Cc1cc2nc(N(Cc3ccncc3)C(=O)c3ccc(C#N)cc3)sc2cc1C. The van der Waals surface area contributed by atoms with Crippen LogP contribution in [0.25, 0.3) is 10.2 Å². The normalized spacial score (nSPS) is 10.7. The quantitative estimate of drug-likeness (QED) is 0.484. The summed E-state index contributed by atoms with van der Waals surface area (Å²) in [4.78, 5) is 23.8. The van der Waals surface area contributed by atoms with Crippen LogP contribution >= 0.6 is 11.3 Å². The summed E-state index contributed by atoms with van der Waals surface area (Å²) in [5.74, 6) is -0.154. The molecule has 6 heteroatoms. The minimum atomic E-state index is -0.154. The fraction of sp³-hybridized carbons (Fsp3) is 0.130. The lowest BCUT2D eigenvalue weighted by molar-refractivity contribution is 0.0985. The molecular weight excluding hydrogens is 380 g/mol. The highest BCUT2D eigenvalue weighted by molar-refractivity contribution is 7.22. The number of thiazole rings is 1. The molecule has 0 fully saturated rings. The van der Waals surface area contributed by atoms with Crippen LogP contribution in [0.4, 0.5) is 5.13 Å². The fourth-order valence-electron chi connectivity index (χ4n) is 3.02. The average molecular weight is 398 g/mol. The Hall–Kier alpha value is -3.56. The zero-order valence-corrected chi connectivity index (χ0v) is 16.9. The molecule has 4 rings (SSSR count). The maximum absolute atomic E-state index is 13.4. The van der Waals surface area contributed by atoms with E-state index in [9.17, 15) is 4.79 Å². The molecule has 0 aliphatic rings. The van der Waals surface area contributed by atoms with E-state index in [4.69, 9.17) is 10.2 Å². The molecule has 29 heavy (non-hydrogen) atoms. The number of amides is 1. The van der Waals surface area contributed by atoms with Gasteiger partial charge in [0.1, 0.15) is 0 Å². The number of nitrogens with zero attached hydrogens (tertiary/aromatic N) is 4. The monoisotopic (exact) mass is 398 g/mol. The second-order valence-electron chi connectivity index (χ2n) is 6.84. The summed E-state index contributed by atoms with van der Waals surface area (Å²) in [5.41, 5.74) is 5.27. The van der Waals surface area contributed by atoms with Gasteiger partial charge in [-0.1, -0.05) is 11.3 Å². The zero-order chi connectivity index (χ0) is 20.4. The summed E-state index contributed by atoms with van der Waals surface area (Å²) in [6.07, 6.45) is 3.43. The van der Waals surface area contributed by atoms with Gasteiger partial charge < -0.3 is 0 Å². The summed E-state index contributed by atoms with van der Waals surface area (Å²) in [5, 5.41) is 9.66. The van der Waals surface area contributed by atoms with Gasteiger partial charge in [-0.05, 0) is 79.1 Å². The third-order valence-electron chi connectivity index (χ3n) is 4.82. The van der Waals surface area contributed by atoms with Gasteiger partial charge in [0, 0.05) is 18.0 Å². The molecular formula is C23H18N4OS. The standard InChI is InChI=1S/C23H18N4OS/c1-15-11-20-21(12-16(15)2)29-23(26-20)27(14-18-7-9-25-10-8-18)22(28)19-5-3-17(13-24)4-6-19/h3-12H,14H2,1-2H3. The van der Waals surface area contributed by atoms with Crippen molar-refractivity contribution in [2.45, 2.75) is 20.4 Å². The van der Waals surface area contributed by atoms with Crippen LogP contribution < -0.4 is 4.90 Å². The Kier molecular flexibility index (Phi) is 5.07. The summed E-state index contributed by atoms with van der Waals surface area (Å²) in [7, 11) is 0. The molecule has 0 spiro atoms. The van der Waals surface area contributed by atoms with E-state index in [1.165, 1.54) is 22.5 Å². The first-order valence-electron chi connectivity index (χ1n) is 9.14. The molecule has 5 nitrogen and oxygen atoms in total. The van der Waals surface area contributed by atoms with Crippen molar-refractivity contribution in [2.24, 2.45) is 0 Å². The molecule has 0 aliphatic heterocycles. The van der Waals surface area contributed by atoms with Crippen molar-refractivity contribution in [3.63, 3.8) is 0 Å². The molecule has 4 aromatic rings. The lowest BCUT2D eigenvalue weighted by Crippen LogP contribution is -2.30. The highest BCUT2D eigenvalue weighted by Gasteiger charge is 2.22. The molecule has 1 amide bonds. The van der Waals surface area contributed by atoms with Gasteiger partial charge in [0.15, 0.2) is 5.13 Å². The second kappa shape index (κ2) is 7.82. The van der Waals surface area contributed by atoms with E-state index >= 15 is 0 Å². The van der Waals surface area contributed by atoms with Gasteiger partial charge in [-0.15, -0.1) is 0 Å². The molecule has 0 saturated carbocycles. The maximum Gasteiger partial charge on any atom is 0.260 e. The van der Waals surface area contributed by atoms with Crippen LogP contribution in [0.15, 0.2) is 60.9 Å². The third kappa shape index (κ3) is 3.86. The molecule has 0 saturated heterocycles. The van der Waals surface area contributed by atoms with Crippen LogP contribution in [0.5, 0.6) is 0 Å². The molecule has 0 atom stereocenters. The Bertz CT molecular complexity index is 1180. The Morgan fingerprint density at radius 2 is 1.76 bits per heavy atom. The molecule has 0 aliphatic carbocycles. The highest BCUT2D eigenvalue weighted by atomic mass is 32.1. The summed E-state index contributed by atoms with van der Waals surface area (Å²) in [6, 6.07) is 16.7. The third-order valence-corrected chi connectivity index (χ3v) is 5.86. The van der Waals surface area contributed by atoms with Crippen LogP contribution in [0.2, 0.25) is 0 Å². The van der Waals surface area contributed by atoms with Gasteiger partial charge in [0.2, 0.25) is 0 Å². The number of pyridine rings is 1. The Labute approximate surface area is 172 Å². The summed E-state index contributed by atoms with van der Waals surface area (Å²) in [6.45, 7) is 4.52. The smallest absolute Gasteiger partial charge is 0.260 e. The van der Waals surface area contributed by atoms with Crippen LogP contribution in [-0.2, 0) is 6.54 Å². The van der Waals surface area contributed by atoms with E-state index in [1.807, 2.05) is 12.1 Å². The van der Waals surface area contributed by atoms with Gasteiger partial charge in [-0.25, -0.2) is 4.98 Å². The number of carbonyl (C=O) groups excluding carboxylic acids is 1. The molecule has 0 N–H and O–H groups in total. The topological polar surface area (TPSA) is 69.9 Å². The van der Waals surface area contributed by atoms with Crippen molar-refractivity contribution >= 4 is 32.6 Å². The number of carbonyl (C=O) groups is 1. The van der Waals surface area contributed by atoms with Crippen LogP contribution in [0.3, 0.4) is 0 Å². The molecule has 0 unspecified atom stereocenters. The van der Waals surface area contributed by atoms with E-state index in [0.29, 0.717) is 22.8 Å².